The Morgan fingerprint density at radius 1 is 1.53 bits per heavy atom. The van der Waals surface area contributed by atoms with E-state index in [0.717, 1.165) is 18.7 Å². The first kappa shape index (κ1) is 12.1. The molecule has 94 valence electrons. The molecule has 1 N–H and O–H groups in total. The molecule has 17 heavy (non-hydrogen) atoms. The molecule has 1 fully saturated rings. The molecule has 0 amide bonds. The summed E-state index contributed by atoms with van der Waals surface area (Å²) in [6.45, 7) is 7.31. The van der Waals surface area contributed by atoms with Crippen molar-refractivity contribution in [3.05, 3.63) is 28.0 Å². The van der Waals surface area contributed by atoms with Crippen molar-refractivity contribution >= 4 is 5.88 Å². The van der Waals surface area contributed by atoms with E-state index in [1.165, 1.54) is 6.07 Å². The van der Waals surface area contributed by atoms with E-state index < -0.39 is 4.92 Å². The molecule has 5 heteroatoms. The van der Waals surface area contributed by atoms with Gasteiger partial charge in [0.15, 0.2) is 0 Å². The molecule has 2 unspecified atom stereocenters. The van der Waals surface area contributed by atoms with E-state index in [2.05, 4.69) is 26.1 Å². The Balaban J connectivity index is 1.87. The average Bonchev–Trinajstić information content (AvgIpc) is 2.81. The molecule has 1 aliphatic carbocycles. The van der Waals surface area contributed by atoms with Gasteiger partial charge in [0.1, 0.15) is 10.7 Å². The van der Waals surface area contributed by atoms with Crippen LogP contribution in [0.15, 0.2) is 16.5 Å². The van der Waals surface area contributed by atoms with Gasteiger partial charge in [-0.3, -0.25) is 10.1 Å². The Morgan fingerprint density at radius 3 is 2.76 bits per heavy atom. The van der Waals surface area contributed by atoms with Crippen molar-refractivity contribution in [2.45, 2.75) is 38.6 Å². The van der Waals surface area contributed by atoms with Crippen LogP contribution >= 0.6 is 0 Å². The van der Waals surface area contributed by atoms with Crippen LogP contribution in [0.4, 0.5) is 5.88 Å². The van der Waals surface area contributed by atoms with Crippen LogP contribution in [0.3, 0.4) is 0 Å². The molecule has 0 bridgehead atoms. The van der Waals surface area contributed by atoms with Gasteiger partial charge in [0.05, 0.1) is 6.07 Å². The predicted octanol–water partition coefficient (Wildman–Crippen LogP) is 2.68. The predicted molar refractivity (Wildman–Crippen MR) is 64.0 cm³/mol. The lowest BCUT2D eigenvalue weighted by atomic mass is 10.1. The number of hydrogen-bond acceptors (Lipinski definition) is 4. The van der Waals surface area contributed by atoms with Gasteiger partial charge in [-0.1, -0.05) is 0 Å². The van der Waals surface area contributed by atoms with E-state index in [4.69, 9.17) is 4.42 Å². The maximum Gasteiger partial charge on any atom is 0.433 e. The number of nitrogens with one attached hydrogen (secondary N) is 1. The van der Waals surface area contributed by atoms with Gasteiger partial charge in [-0.05, 0) is 45.7 Å². The first-order valence-corrected chi connectivity index (χ1v) is 5.86. The number of nitrogens with zero attached hydrogens (tertiary/aromatic N) is 1. The zero-order valence-corrected chi connectivity index (χ0v) is 10.4. The number of hydrogen-bond donors (Lipinski definition) is 1. The second kappa shape index (κ2) is 4.14. The molecular formula is C12H18N2O3. The quantitative estimate of drug-likeness (QED) is 0.646. The minimum Gasteiger partial charge on any atom is -0.406 e. The van der Waals surface area contributed by atoms with Crippen molar-refractivity contribution in [1.82, 2.24) is 5.32 Å². The van der Waals surface area contributed by atoms with Crippen molar-refractivity contribution in [3.63, 3.8) is 0 Å². The van der Waals surface area contributed by atoms with Gasteiger partial charge in [-0.15, -0.1) is 0 Å². The zero-order chi connectivity index (χ0) is 12.6. The Bertz CT molecular complexity index is 420. The molecule has 0 radical (unpaired) electrons. The van der Waals surface area contributed by atoms with Gasteiger partial charge < -0.3 is 9.73 Å². The second-order valence-corrected chi connectivity index (χ2v) is 5.67. The SMILES string of the molecule is CC(C)(C)NCC1CC1c1ccc([N+](=O)[O-])o1. The summed E-state index contributed by atoms with van der Waals surface area (Å²) in [5.74, 6) is 1.48. The van der Waals surface area contributed by atoms with E-state index in [9.17, 15) is 10.1 Å². The van der Waals surface area contributed by atoms with Crippen LogP contribution in [0.5, 0.6) is 0 Å². The molecule has 1 heterocycles. The maximum absolute atomic E-state index is 10.5. The first-order valence-electron chi connectivity index (χ1n) is 5.86. The monoisotopic (exact) mass is 238 g/mol. The molecule has 0 spiro atoms. The first-order chi connectivity index (χ1) is 7.87. The fourth-order valence-corrected chi connectivity index (χ4v) is 1.90. The summed E-state index contributed by atoms with van der Waals surface area (Å²) in [5.41, 5.74) is 0.113. The second-order valence-electron chi connectivity index (χ2n) is 5.67. The van der Waals surface area contributed by atoms with Gasteiger partial charge in [-0.25, -0.2) is 0 Å². The highest BCUT2D eigenvalue weighted by Gasteiger charge is 2.41. The molecule has 0 aliphatic heterocycles. The highest BCUT2D eigenvalue weighted by Crippen LogP contribution is 2.48. The van der Waals surface area contributed by atoms with E-state index in [0.29, 0.717) is 11.8 Å². The molecule has 0 aromatic carbocycles. The summed E-state index contributed by atoms with van der Waals surface area (Å²) in [5, 5.41) is 13.9. The topological polar surface area (TPSA) is 68.3 Å². The van der Waals surface area contributed by atoms with Gasteiger partial charge in [0, 0.05) is 11.5 Å². The van der Waals surface area contributed by atoms with Crippen molar-refractivity contribution in [2.24, 2.45) is 5.92 Å². The summed E-state index contributed by atoms with van der Waals surface area (Å²) in [4.78, 5) is 10.0. The number of furan rings is 1. The maximum atomic E-state index is 10.5. The van der Waals surface area contributed by atoms with Crippen molar-refractivity contribution in [1.29, 1.82) is 0 Å². The van der Waals surface area contributed by atoms with Crippen molar-refractivity contribution in [2.75, 3.05) is 6.54 Å². The lowest BCUT2D eigenvalue weighted by molar-refractivity contribution is -0.402. The molecule has 1 saturated carbocycles. The Labute approximate surface area is 100 Å². The minimum absolute atomic E-state index is 0.113. The minimum atomic E-state index is -0.492. The van der Waals surface area contributed by atoms with Crippen LogP contribution in [-0.2, 0) is 0 Å². The van der Waals surface area contributed by atoms with Gasteiger partial charge >= 0.3 is 5.88 Å². The molecule has 0 saturated heterocycles. The fourth-order valence-electron chi connectivity index (χ4n) is 1.90. The van der Waals surface area contributed by atoms with Gasteiger partial charge in [-0.2, -0.15) is 0 Å². The summed E-state index contributed by atoms with van der Waals surface area (Å²) in [6.07, 6.45) is 1.05. The Kier molecular flexibility index (Phi) is 2.95. The number of nitro groups is 1. The summed E-state index contributed by atoms with van der Waals surface area (Å²) >= 11 is 0. The van der Waals surface area contributed by atoms with Gasteiger partial charge in [0.25, 0.3) is 0 Å². The lowest BCUT2D eigenvalue weighted by Gasteiger charge is -2.20. The van der Waals surface area contributed by atoms with E-state index in [1.54, 1.807) is 6.07 Å². The molecule has 1 aromatic rings. The third-order valence-electron chi connectivity index (χ3n) is 2.98. The molecule has 1 aliphatic rings. The highest BCUT2D eigenvalue weighted by atomic mass is 16.6. The fraction of sp³-hybridized carbons (Fsp3) is 0.667. The van der Waals surface area contributed by atoms with Crippen molar-refractivity contribution < 1.29 is 9.34 Å². The Morgan fingerprint density at radius 2 is 2.24 bits per heavy atom. The van der Waals surface area contributed by atoms with Crippen molar-refractivity contribution in [3.8, 4) is 0 Å². The average molecular weight is 238 g/mol. The van der Waals surface area contributed by atoms with Crippen LogP contribution < -0.4 is 5.32 Å². The molecular weight excluding hydrogens is 220 g/mol. The van der Waals surface area contributed by atoms with Crippen LogP contribution in [0.2, 0.25) is 0 Å². The highest BCUT2D eigenvalue weighted by molar-refractivity contribution is 5.24. The standard InChI is InChI=1S/C12H18N2O3/c1-12(2,3)13-7-8-6-9(8)10-4-5-11(17-10)14(15)16/h4-5,8-9,13H,6-7H2,1-3H3. The number of rotatable bonds is 4. The lowest BCUT2D eigenvalue weighted by Crippen LogP contribution is -2.37. The zero-order valence-electron chi connectivity index (χ0n) is 10.4. The molecule has 2 atom stereocenters. The smallest absolute Gasteiger partial charge is 0.406 e. The van der Waals surface area contributed by atoms with E-state index >= 15 is 0 Å². The third-order valence-corrected chi connectivity index (χ3v) is 2.98. The molecule has 1 aromatic heterocycles. The largest absolute Gasteiger partial charge is 0.433 e. The third kappa shape index (κ3) is 3.06. The van der Waals surface area contributed by atoms with E-state index in [-0.39, 0.29) is 11.4 Å². The van der Waals surface area contributed by atoms with Crippen LogP contribution in [0, 0.1) is 16.0 Å². The van der Waals surface area contributed by atoms with Crippen LogP contribution in [0.1, 0.15) is 38.9 Å². The van der Waals surface area contributed by atoms with E-state index in [1.807, 2.05) is 0 Å². The summed E-state index contributed by atoms with van der Waals surface area (Å²) in [6, 6.07) is 3.15. The molecule has 5 nitrogen and oxygen atoms in total. The Hall–Kier alpha value is -1.36. The summed E-state index contributed by atoms with van der Waals surface area (Å²) in [7, 11) is 0. The van der Waals surface area contributed by atoms with Crippen LogP contribution in [-0.4, -0.2) is 17.0 Å². The molecule has 2 rings (SSSR count). The summed E-state index contributed by atoms with van der Waals surface area (Å²) < 4.78 is 5.20. The van der Waals surface area contributed by atoms with Crippen LogP contribution in [0.25, 0.3) is 0 Å². The normalized spacial score (nSPS) is 23.7. The van der Waals surface area contributed by atoms with Gasteiger partial charge in [0.2, 0.25) is 0 Å².